The van der Waals surface area contributed by atoms with Crippen LogP contribution in [-0.2, 0) is 9.47 Å². The number of ether oxygens (including phenoxy) is 2. The Morgan fingerprint density at radius 2 is 1.54 bits per heavy atom. The molecule has 0 atom stereocenters. The molecular weight excluding hydrogens is 396 g/mol. The third-order valence-electron chi connectivity index (χ3n) is 4.45. The molecule has 0 saturated carbocycles. The second kappa shape index (κ2) is 13.5. The fraction of sp³-hybridized carbons (Fsp3) is 0.650. The molecule has 28 heavy (non-hydrogen) atoms. The van der Waals surface area contributed by atoms with Gasteiger partial charge >= 0.3 is 11.9 Å². The molecule has 0 aliphatic carbocycles. The fourth-order valence-electron chi connectivity index (χ4n) is 2.84. The molecular formula is C20H32N2O4S2. The van der Waals surface area contributed by atoms with Crippen LogP contribution >= 0.6 is 23.6 Å². The first kappa shape index (κ1) is 24.4. The molecule has 0 aromatic carbocycles. The van der Waals surface area contributed by atoms with Crippen molar-refractivity contribution in [2.24, 2.45) is 0 Å². The molecule has 1 rings (SSSR count). The number of unbranched alkanes of at least 4 members (excludes halogenated alkanes) is 7. The molecule has 1 aromatic heterocycles. The molecule has 6 nitrogen and oxygen atoms in total. The van der Waals surface area contributed by atoms with Crippen LogP contribution in [0.3, 0.4) is 0 Å². The van der Waals surface area contributed by atoms with Gasteiger partial charge in [-0.3, -0.25) is 0 Å². The smallest absolute Gasteiger partial charge is 0.348 e. The van der Waals surface area contributed by atoms with Crippen LogP contribution in [0, 0.1) is 6.92 Å². The maximum Gasteiger partial charge on any atom is 0.348 e. The number of anilines is 1. The van der Waals surface area contributed by atoms with Crippen LogP contribution in [0.2, 0.25) is 0 Å². The largest absolute Gasteiger partial charge is 0.465 e. The standard InChI is InChI=1S/C20H32N2O4S2/c1-5-6-7-8-9-10-11-12-13-21-20(27)22-17-15(18(23)25-3)14(2)16(28-17)19(24)26-4/h5-13H2,1-4H3,(H2,21,22,27). The molecule has 0 aliphatic rings. The summed E-state index contributed by atoms with van der Waals surface area (Å²) in [7, 11) is 2.61. The zero-order chi connectivity index (χ0) is 20.9. The lowest BCUT2D eigenvalue weighted by molar-refractivity contribution is 0.0601. The van der Waals surface area contributed by atoms with Gasteiger partial charge in [0.1, 0.15) is 9.88 Å². The number of carbonyl (C=O) groups is 2. The molecule has 0 amide bonds. The van der Waals surface area contributed by atoms with Crippen molar-refractivity contribution in [3.63, 3.8) is 0 Å². The molecule has 0 radical (unpaired) electrons. The number of thiophene rings is 1. The van der Waals surface area contributed by atoms with Gasteiger partial charge in [0.05, 0.1) is 19.8 Å². The lowest BCUT2D eigenvalue weighted by Crippen LogP contribution is -2.29. The number of methoxy groups -OCH3 is 2. The normalized spacial score (nSPS) is 10.4. The van der Waals surface area contributed by atoms with Gasteiger partial charge in [0.15, 0.2) is 5.11 Å². The van der Waals surface area contributed by atoms with Crippen molar-refractivity contribution in [2.45, 2.75) is 65.2 Å². The highest BCUT2D eigenvalue weighted by molar-refractivity contribution is 7.80. The first-order chi connectivity index (χ1) is 13.5. The van der Waals surface area contributed by atoms with E-state index in [-0.39, 0.29) is 0 Å². The first-order valence-corrected chi connectivity index (χ1v) is 11.0. The van der Waals surface area contributed by atoms with Crippen molar-refractivity contribution >= 4 is 45.6 Å². The van der Waals surface area contributed by atoms with Crippen molar-refractivity contribution in [1.82, 2.24) is 5.32 Å². The predicted octanol–water partition coefficient (Wildman–Crippen LogP) is 5.06. The molecule has 2 N–H and O–H groups in total. The van der Waals surface area contributed by atoms with Gasteiger partial charge in [0.2, 0.25) is 0 Å². The highest BCUT2D eigenvalue weighted by atomic mass is 32.1. The molecule has 0 aliphatic heterocycles. The summed E-state index contributed by atoms with van der Waals surface area (Å²) < 4.78 is 9.62. The van der Waals surface area contributed by atoms with Crippen LogP contribution in [0.25, 0.3) is 0 Å². The summed E-state index contributed by atoms with van der Waals surface area (Å²) in [4.78, 5) is 24.4. The summed E-state index contributed by atoms with van der Waals surface area (Å²) in [6.45, 7) is 4.68. The third kappa shape index (κ3) is 7.75. The zero-order valence-electron chi connectivity index (χ0n) is 17.3. The molecule has 0 unspecified atom stereocenters. The van der Waals surface area contributed by atoms with Gasteiger partial charge in [0, 0.05) is 6.54 Å². The highest BCUT2D eigenvalue weighted by Crippen LogP contribution is 2.34. The Morgan fingerprint density at radius 1 is 0.964 bits per heavy atom. The van der Waals surface area contributed by atoms with Crippen molar-refractivity contribution in [2.75, 3.05) is 26.1 Å². The van der Waals surface area contributed by atoms with Crippen molar-refractivity contribution in [1.29, 1.82) is 0 Å². The second-order valence-corrected chi connectivity index (χ2v) is 8.03. The summed E-state index contributed by atoms with van der Waals surface area (Å²) in [6.07, 6.45) is 9.99. The predicted molar refractivity (Wildman–Crippen MR) is 119 cm³/mol. The number of thiocarbonyl (C=S) groups is 1. The minimum Gasteiger partial charge on any atom is -0.465 e. The van der Waals surface area contributed by atoms with E-state index in [2.05, 4.69) is 17.6 Å². The van der Waals surface area contributed by atoms with E-state index in [4.69, 9.17) is 21.7 Å². The molecule has 1 heterocycles. The Labute approximate surface area is 177 Å². The molecule has 0 fully saturated rings. The Hall–Kier alpha value is -1.67. The molecule has 158 valence electrons. The van der Waals surface area contributed by atoms with E-state index in [0.29, 0.717) is 26.1 Å². The van der Waals surface area contributed by atoms with Gasteiger partial charge in [-0.25, -0.2) is 9.59 Å². The lowest BCUT2D eigenvalue weighted by atomic mass is 10.1. The average Bonchev–Trinajstić information content (AvgIpc) is 3.01. The SMILES string of the molecule is CCCCCCCCCCNC(=S)Nc1sc(C(=O)OC)c(C)c1C(=O)OC. The van der Waals surface area contributed by atoms with Gasteiger partial charge in [-0.15, -0.1) is 11.3 Å². The molecule has 0 saturated heterocycles. The van der Waals surface area contributed by atoms with Gasteiger partial charge in [-0.1, -0.05) is 51.9 Å². The van der Waals surface area contributed by atoms with Gasteiger partial charge in [-0.05, 0) is 31.1 Å². The summed E-state index contributed by atoms with van der Waals surface area (Å²) in [5.41, 5.74) is 0.834. The number of hydrogen-bond donors (Lipinski definition) is 2. The van der Waals surface area contributed by atoms with Gasteiger partial charge in [0.25, 0.3) is 0 Å². The average molecular weight is 429 g/mol. The lowest BCUT2D eigenvalue weighted by Gasteiger charge is -2.10. The Bertz CT molecular complexity index is 659. The monoisotopic (exact) mass is 428 g/mol. The number of nitrogens with one attached hydrogen (secondary N) is 2. The number of rotatable bonds is 12. The highest BCUT2D eigenvalue weighted by Gasteiger charge is 2.26. The van der Waals surface area contributed by atoms with Crippen LogP contribution < -0.4 is 10.6 Å². The first-order valence-electron chi connectivity index (χ1n) is 9.81. The van der Waals surface area contributed by atoms with Gasteiger partial charge < -0.3 is 20.1 Å². The third-order valence-corrected chi connectivity index (χ3v) is 5.88. The van der Waals surface area contributed by atoms with E-state index in [9.17, 15) is 9.59 Å². The molecule has 0 spiro atoms. The Morgan fingerprint density at radius 3 is 2.11 bits per heavy atom. The Balaban J connectivity index is 2.50. The molecule has 8 heteroatoms. The maximum atomic E-state index is 12.1. The van der Waals surface area contributed by atoms with Crippen LogP contribution in [0.4, 0.5) is 5.00 Å². The van der Waals surface area contributed by atoms with Crippen molar-refractivity contribution < 1.29 is 19.1 Å². The van der Waals surface area contributed by atoms with Crippen LogP contribution in [0.15, 0.2) is 0 Å². The second-order valence-electron chi connectivity index (χ2n) is 6.60. The van der Waals surface area contributed by atoms with Gasteiger partial charge in [-0.2, -0.15) is 0 Å². The zero-order valence-corrected chi connectivity index (χ0v) is 18.9. The Kier molecular flexibility index (Phi) is 11.7. The van der Waals surface area contributed by atoms with Crippen LogP contribution in [0.5, 0.6) is 0 Å². The summed E-state index contributed by atoms with van der Waals surface area (Å²) in [5.74, 6) is -1.00. The van der Waals surface area contributed by atoms with Crippen molar-refractivity contribution in [3.05, 3.63) is 16.0 Å². The summed E-state index contributed by atoms with van der Waals surface area (Å²) >= 11 is 6.46. The van der Waals surface area contributed by atoms with E-state index < -0.39 is 11.9 Å². The fourth-order valence-corrected chi connectivity index (χ4v) is 4.23. The van der Waals surface area contributed by atoms with E-state index in [0.717, 1.165) is 24.3 Å². The maximum absolute atomic E-state index is 12.1. The van der Waals surface area contributed by atoms with E-state index in [1.54, 1.807) is 6.92 Å². The number of carbonyl (C=O) groups excluding carboxylic acids is 2. The minimum atomic E-state index is -0.516. The molecule has 0 bridgehead atoms. The van der Waals surface area contributed by atoms with E-state index in [1.165, 1.54) is 59.2 Å². The van der Waals surface area contributed by atoms with Crippen molar-refractivity contribution in [3.8, 4) is 0 Å². The minimum absolute atomic E-state index is 0.309. The molecule has 1 aromatic rings. The van der Waals surface area contributed by atoms with Crippen LogP contribution in [-0.4, -0.2) is 37.8 Å². The number of hydrogen-bond acceptors (Lipinski definition) is 6. The van der Waals surface area contributed by atoms with E-state index >= 15 is 0 Å². The van der Waals surface area contributed by atoms with Crippen LogP contribution in [0.1, 0.15) is 83.9 Å². The summed E-state index contributed by atoms with van der Waals surface area (Å²) in [5, 5.41) is 7.08. The quantitative estimate of drug-likeness (QED) is 0.274. The number of esters is 2. The topological polar surface area (TPSA) is 76.7 Å². The summed E-state index contributed by atoms with van der Waals surface area (Å²) in [6, 6.07) is 0. The van der Waals surface area contributed by atoms with E-state index in [1.807, 2.05) is 0 Å².